The molecule has 5 N–H and O–H groups in total. The maximum Gasteiger partial charge on any atom is 0.411 e. The van der Waals surface area contributed by atoms with E-state index in [1.165, 1.54) is 45.6 Å². The van der Waals surface area contributed by atoms with Crippen molar-refractivity contribution >= 4 is 73.4 Å². The summed E-state index contributed by atoms with van der Waals surface area (Å²) in [5.41, 5.74) is 7.54. The van der Waals surface area contributed by atoms with E-state index in [2.05, 4.69) is 36.2 Å². The number of amides is 5. The van der Waals surface area contributed by atoms with Crippen LogP contribution in [0.2, 0.25) is 0 Å². The lowest BCUT2D eigenvalue weighted by Crippen LogP contribution is -2.57. The van der Waals surface area contributed by atoms with Crippen molar-refractivity contribution in [1.29, 1.82) is 0 Å². The fourth-order valence-electron chi connectivity index (χ4n) is 9.39. The van der Waals surface area contributed by atoms with Crippen molar-refractivity contribution in [2.24, 2.45) is 5.41 Å². The highest BCUT2D eigenvalue weighted by Gasteiger charge is 2.44. The highest BCUT2D eigenvalue weighted by atomic mass is 32.1. The first-order valence-corrected chi connectivity index (χ1v) is 27.1. The maximum atomic E-state index is 14.2. The number of carbonyl (C=O) groups is 5. The van der Waals surface area contributed by atoms with Gasteiger partial charge in [-0.3, -0.25) is 34.3 Å². The van der Waals surface area contributed by atoms with Gasteiger partial charge in [0, 0.05) is 56.5 Å². The molecule has 1 saturated carbocycles. The van der Waals surface area contributed by atoms with Crippen LogP contribution in [0.3, 0.4) is 0 Å². The van der Waals surface area contributed by atoms with Crippen molar-refractivity contribution in [2.75, 3.05) is 17.2 Å². The van der Waals surface area contributed by atoms with Crippen molar-refractivity contribution in [2.45, 2.75) is 143 Å². The van der Waals surface area contributed by atoms with Gasteiger partial charge in [0.25, 0.3) is 11.5 Å². The van der Waals surface area contributed by atoms with Crippen LogP contribution in [0.4, 0.5) is 15.6 Å². The fourth-order valence-corrected chi connectivity index (χ4v) is 11.1. The lowest BCUT2D eigenvalue weighted by atomic mass is 9.85. The predicted molar refractivity (Wildman–Crippen MR) is 288 cm³/mol. The third kappa shape index (κ3) is 13.7. The van der Waals surface area contributed by atoms with Crippen LogP contribution >= 0.6 is 22.7 Å². The Labute approximate surface area is 438 Å². The first kappa shape index (κ1) is 53.5. The summed E-state index contributed by atoms with van der Waals surface area (Å²) < 4.78 is 8.02. The molecule has 74 heavy (non-hydrogen) atoms. The smallest absolute Gasteiger partial charge is 0.411 e. The van der Waals surface area contributed by atoms with Gasteiger partial charge in [-0.1, -0.05) is 81.7 Å². The van der Waals surface area contributed by atoms with Crippen molar-refractivity contribution in [3.05, 3.63) is 111 Å². The number of fused-ring (bicyclic) bond motifs is 1. The fraction of sp³-hybridized carbons (Fsp3) is 0.436. The average Bonchev–Trinajstić information content (AvgIpc) is 4.11. The van der Waals surface area contributed by atoms with Gasteiger partial charge < -0.3 is 35.3 Å². The highest BCUT2D eigenvalue weighted by Crippen LogP contribution is 2.33. The van der Waals surface area contributed by atoms with E-state index in [1.54, 1.807) is 23.0 Å². The summed E-state index contributed by atoms with van der Waals surface area (Å²) in [5, 5.41) is 22.8. The zero-order chi connectivity index (χ0) is 52.5. The van der Waals surface area contributed by atoms with Gasteiger partial charge in [0.1, 0.15) is 18.2 Å². The second-order valence-electron chi connectivity index (χ2n) is 20.4. The molecule has 17 nitrogen and oxygen atoms in total. The quantitative estimate of drug-likeness (QED) is 0.0510. The predicted octanol–water partition coefficient (Wildman–Crippen LogP) is 9.15. The molecule has 2 aliphatic rings. The molecule has 0 spiro atoms. The van der Waals surface area contributed by atoms with E-state index in [4.69, 9.17) is 4.74 Å². The van der Waals surface area contributed by atoms with Crippen LogP contribution in [-0.2, 0) is 32.2 Å². The zero-order valence-corrected chi connectivity index (χ0v) is 44.2. The van der Waals surface area contributed by atoms with Crippen LogP contribution in [-0.4, -0.2) is 90.1 Å². The molecular weight excluding hydrogens is 979 g/mol. The molecule has 3 atom stereocenters. The normalized spacial score (nSPS) is 16.4. The number of rotatable bonds is 18. The Balaban J connectivity index is 0.786. The number of hydrogen-bond acceptors (Lipinski definition) is 13. The maximum absolute atomic E-state index is 14.2. The summed E-state index contributed by atoms with van der Waals surface area (Å²) in [4.78, 5) is 96.0. The van der Waals surface area contributed by atoms with Crippen molar-refractivity contribution in [3.63, 3.8) is 0 Å². The number of pyridine rings is 2. The van der Waals surface area contributed by atoms with Gasteiger partial charge in [0.15, 0.2) is 5.13 Å². The number of carbonyl (C=O) groups excluding carboxylic acids is 5. The molecule has 0 unspecified atom stereocenters. The molecule has 1 aliphatic heterocycles. The van der Waals surface area contributed by atoms with Crippen LogP contribution < -0.4 is 26.8 Å². The van der Waals surface area contributed by atoms with E-state index in [1.807, 2.05) is 83.1 Å². The Morgan fingerprint density at radius 3 is 2.36 bits per heavy atom. The van der Waals surface area contributed by atoms with Gasteiger partial charge in [-0.25, -0.2) is 14.8 Å². The van der Waals surface area contributed by atoms with Crippen LogP contribution in [0.1, 0.15) is 119 Å². The van der Waals surface area contributed by atoms with E-state index >= 15 is 0 Å². The largest absolute Gasteiger partial charge is 0.446 e. The molecule has 5 heterocycles. The number of ether oxygens (including phenoxy) is 1. The number of aliphatic hydroxyl groups is 1. The number of benzene rings is 2. The second-order valence-corrected chi connectivity index (χ2v) is 22.2. The molecule has 390 valence electrons. The van der Waals surface area contributed by atoms with E-state index in [-0.39, 0.29) is 42.6 Å². The zero-order valence-electron chi connectivity index (χ0n) is 42.6. The Kier molecular flexibility index (Phi) is 17.4. The standard InChI is InChI=1S/C55H65N9O8S2/c1-33-43(60-54(71)72-41-13-9-8-10-14-41)25-39(29-56-33)37-20-22-42-45(26-37)74-53(59-42)61-46(66)15-11-6-7-12-24-63-30-38(21-23-47(63)67)50(68)62-49(55(3,4)5)52(70)64-31-40(65)27-44(64)51(69)57-28-35-16-18-36(19-17-35)48-34(2)58-32-73-48/h16-23,25-26,29-30,32,40-41,44,49,65H,6-15,24,27-28,31H2,1-5H3,(H,57,69)(H,60,71)(H,62,68)(H,59,61,66)/t40-,44+,49-/m1/s1. The van der Waals surface area contributed by atoms with E-state index in [9.17, 15) is 33.9 Å². The first-order chi connectivity index (χ1) is 35.5. The van der Waals surface area contributed by atoms with Crippen LogP contribution in [0.5, 0.6) is 0 Å². The molecule has 19 heteroatoms. The molecule has 6 aromatic rings. The number of anilines is 2. The number of likely N-dealkylation sites (tertiary alicyclic amines) is 1. The SMILES string of the molecule is Cc1ncc(-c2ccc3nc(NC(=O)CCCCCCn4cc(C(=O)N[C@H](C(=O)N5C[C@H](O)C[C@H]5C(=O)NCc5ccc(-c6scnc6C)cc5)C(C)(C)C)ccc4=O)sc3c2)cc1NC(=O)OC1CCCCC1. The summed E-state index contributed by atoms with van der Waals surface area (Å²) in [6.45, 7) is 9.76. The van der Waals surface area contributed by atoms with Gasteiger partial charge >= 0.3 is 6.09 Å². The number of nitrogens with one attached hydrogen (secondary N) is 4. The van der Waals surface area contributed by atoms with E-state index in [0.717, 1.165) is 81.6 Å². The van der Waals surface area contributed by atoms with Crippen LogP contribution in [0, 0.1) is 19.3 Å². The molecule has 4 aromatic heterocycles. The van der Waals surface area contributed by atoms with E-state index < -0.39 is 47.4 Å². The van der Waals surface area contributed by atoms with Crippen molar-refractivity contribution < 1.29 is 33.8 Å². The van der Waals surface area contributed by atoms with Gasteiger partial charge in [-0.2, -0.15) is 0 Å². The minimum Gasteiger partial charge on any atom is -0.446 e. The number of unbranched alkanes of at least 4 members (excludes halogenated alkanes) is 3. The average molecular weight is 1040 g/mol. The van der Waals surface area contributed by atoms with Gasteiger partial charge in [0.05, 0.1) is 49.3 Å². The minimum atomic E-state index is -1.05. The Bertz CT molecular complexity index is 3050. The number of aromatic nitrogens is 4. The monoisotopic (exact) mass is 1040 g/mol. The molecule has 0 radical (unpaired) electrons. The summed E-state index contributed by atoms with van der Waals surface area (Å²) in [6.07, 6.45) is 9.98. The van der Waals surface area contributed by atoms with Crippen molar-refractivity contribution in [3.8, 4) is 21.6 Å². The first-order valence-electron chi connectivity index (χ1n) is 25.4. The van der Waals surface area contributed by atoms with Crippen molar-refractivity contribution in [1.82, 2.24) is 35.1 Å². The number of hydrogen-bond donors (Lipinski definition) is 5. The summed E-state index contributed by atoms with van der Waals surface area (Å²) >= 11 is 2.94. The minimum absolute atomic E-state index is 0.0567. The third-order valence-corrected chi connectivity index (χ3v) is 15.5. The third-order valence-electron chi connectivity index (χ3n) is 13.6. The number of thiazole rings is 2. The Hall–Kier alpha value is -6.83. The second kappa shape index (κ2) is 24.0. The molecule has 8 rings (SSSR count). The molecular formula is C55H65N9O8S2. The lowest BCUT2D eigenvalue weighted by molar-refractivity contribution is -0.142. The van der Waals surface area contributed by atoms with Gasteiger partial charge in [-0.05, 0) is 98.7 Å². The molecule has 2 fully saturated rings. The van der Waals surface area contributed by atoms with Gasteiger partial charge in [0.2, 0.25) is 17.7 Å². The van der Waals surface area contributed by atoms with E-state index in [0.29, 0.717) is 42.3 Å². The molecule has 1 aliphatic carbocycles. The van der Waals surface area contributed by atoms with Crippen LogP contribution in [0.15, 0.2) is 83.4 Å². The van der Waals surface area contributed by atoms with Gasteiger partial charge in [-0.15, -0.1) is 11.3 Å². The molecule has 1 saturated heterocycles. The summed E-state index contributed by atoms with van der Waals surface area (Å²) in [6, 6.07) is 16.3. The summed E-state index contributed by atoms with van der Waals surface area (Å²) in [7, 11) is 0. The number of nitrogens with zero attached hydrogens (tertiary/aromatic N) is 5. The lowest BCUT2D eigenvalue weighted by Gasteiger charge is -2.35. The highest BCUT2D eigenvalue weighted by molar-refractivity contribution is 7.22. The number of aliphatic hydroxyl groups excluding tert-OH is 1. The Morgan fingerprint density at radius 2 is 1.62 bits per heavy atom. The molecule has 2 aromatic carbocycles. The molecule has 5 amide bonds. The number of β-amino-alcohol motifs (C(OH)–C–C–N with tert-alkyl or cyclic N) is 1. The topological polar surface area (TPSA) is 227 Å². The Morgan fingerprint density at radius 1 is 0.865 bits per heavy atom. The molecule has 0 bridgehead atoms. The van der Waals surface area contributed by atoms with Crippen LogP contribution in [0.25, 0.3) is 31.8 Å². The number of aryl methyl sites for hydroxylation is 3. The summed E-state index contributed by atoms with van der Waals surface area (Å²) in [5.74, 6) is -1.59.